The third-order valence-electron chi connectivity index (χ3n) is 5.58. The average molecular weight is 500 g/mol. The Morgan fingerprint density at radius 2 is 1.50 bits per heavy atom. The summed E-state index contributed by atoms with van der Waals surface area (Å²) in [7, 11) is 0. The maximum absolute atomic E-state index is 13.4. The van der Waals surface area contributed by atoms with E-state index in [1.807, 2.05) is 78.9 Å². The van der Waals surface area contributed by atoms with E-state index in [2.05, 4.69) is 10.6 Å². The Labute approximate surface area is 212 Å². The first-order chi connectivity index (χ1) is 17.4. The van der Waals surface area contributed by atoms with Crippen LogP contribution in [0.5, 0.6) is 0 Å². The lowest BCUT2D eigenvalue weighted by molar-refractivity contribution is -0.384. The van der Waals surface area contributed by atoms with Crippen LogP contribution in [0.4, 0.5) is 11.4 Å². The number of halogens is 1. The lowest BCUT2D eigenvalue weighted by Gasteiger charge is -2.20. The van der Waals surface area contributed by atoms with Crippen LogP contribution in [-0.4, -0.2) is 22.8 Å². The molecule has 0 fully saturated rings. The van der Waals surface area contributed by atoms with Crippen LogP contribution in [-0.2, 0) is 11.2 Å². The van der Waals surface area contributed by atoms with Gasteiger partial charge in [-0.1, -0.05) is 90.5 Å². The molecule has 2 amide bonds. The summed E-state index contributed by atoms with van der Waals surface area (Å²) in [6.45, 7) is 0. The molecule has 0 radical (unpaired) electrons. The number of para-hydroxylation sites is 1. The number of nitro groups is 1. The van der Waals surface area contributed by atoms with Crippen molar-refractivity contribution in [2.75, 3.05) is 5.32 Å². The van der Waals surface area contributed by atoms with Crippen LogP contribution in [0.15, 0.2) is 103 Å². The second kappa shape index (κ2) is 11.3. The number of carbonyl (C=O) groups is 2. The third kappa shape index (κ3) is 5.95. The number of carbonyl (C=O) groups excluding carboxylic acids is 2. The van der Waals surface area contributed by atoms with E-state index in [9.17, 15) is 19.7 Å². The summed E-state index contributed by atoms with van der Waals surface area (Å²) in [4.78, 5) is 37.0. The average Bonchev–Trinajstić information content (AvgIpc) is 2.89. The highest BCUT2D eigenvalue weighted by Crippen LogP contribution is 2.28. The molecule has 7 nitrogen and oxygen atoms in total. The van der Waals surface area contributed by atoms with Gasteiger partial charge in [-0.3, -0.25) is 19.7 Å². The molecule has 8 heteroatoms. The number of rotatable bonds is 8. The van der Waals surface area contributed by atoms with Crippen LogP contribution < -0.4 is 10.6 Å². The Morgan fingerprint density at radius 1 is 0.861 bits per heavy atom. The number of anilines is 1. The third-order valence-corrected chi connectivity index (χ3v) is 5.90. The smallest absolute Gasteiger partial charge is 0.288 e. The van der Waals surface area contributed by atoms with Crippen molar-refractivity contribution in [3.05, 3.63) is 129 Å². The van der Waals surface area contributed by atoms with Gasteiger partial charge in [0.15, 0.2) is 0 Å². The van der Waals surface area contributed by atoms with E-state index in [0.29, 0.717) is 5.69 Å². The van der Waals surface area contributed by atoms with Crippen molar-refractivity contribution in [1.82, 2.24) is 5.32 Å². The molecule has 0 heterocycles. The molecule has 2 N–H and O–H groups in total. The molecule has 1 atom stereocenters. The monoisotopic (exact) mass is 499 g/mol. The van der Waals surface area contributed by atoms with Crippen molar-refractivity contribution in [3.63, 3.8) is 0 Å². The normalized spacial score (nSPS) is 11.4. The first-order valence-electron chi connectivity index (χ1n) is 11.2. The van der Waals surface area contributed by atoms with Crippen LogP contribution >= 0.6 is 11.6 Å². The zero-order valence-electron chi connectivity index (χ0n) is 19.1. The fourth-order valence-corrected chi connectivity index (χ4v) is 3.96. The predicted octanol–water partition coefficient (Wildman–Crippen LogP) is 5.90. The minimum atomic E-state index is -0.946. The van der Waals surface area contributed by atoms with Crippen LogP contribution in [0.2, 0.25) is 5.02 Å². The van der Waals surface area contributed by atoms with Crippen molar-refractivity contribution in [3.8, 4) is 11.1 Å². The molecular formula is C28H22ClN3O4. The van der Waals surface area contributed by atoms with E-state index >= 15 is 0 Å². The van der Waals surface area contributed by atoms with Gasteiger partial charge in [0, 0.05) is 29.3 Å². The lowest BCUT2D eigenvalue weighted by atomic mass is 10.0. The fraction of sp³-hybridized carbons (Fsp3) is 0.0714. The number of hydrogen-bond acceptors (Lipinski definition) is 4. The van der Waals surface area contributed by atoms with Crippen molar-refractivity contribution < 1.29 is 14.5 Å². The summed E-state index contributed by atoms with van der Waals surface area (Å²) in [5, 5.41) is 16.8. The summed E-state index contributed by atoms with van der Waals surface area (Å²) in [5.41, 5.74) is 2.86. The molecule has 0 aliphatic carbocycles. The van der Waals surface area contributed by atoms with Gasteiger partial charge in [-0.05, 0) is 29.3 Å². The Hall–Kier alpha value is -4.49. The number of nitrogens with zero attached hydrogens (tertiary/aromatic N) is 1. The van der Waals surface area contributed by atoms with E-state index in [1.165, 1.54) is 12.1 Å². The lowest BCUT2D eigenvalue weighted by Crippen LogP contribution is -2.45. The first kappa shape index (κ1) is 24.6. The summed E-state index contributed by atoms with van der Waals surface area (Å²) in [5.74, 6) is -1.04. The molecule has 180 valence electrons. The fourth-order valence-electron chi connectivity index (χ4n) is 3.78. The Morgan fingerprint density at radius 3 is 2.19 bits per heavy atom. The van der Waals surface area contributed by atoms with E-state index in [1.54, 1.807) is 6.07 Å². The van der Waals surface area contributed by atoms with Crippen molar-refractivity contribution in [1.29, 1.82) is 0 Å². The quantitative estimate of drug-likeness (QED) is 0.233. The van der Waals surface area contributed by atoms with Gasteiger partial charge in [0.25, 0.3) is 11.6 Å². The molecule has 4 aromatic rings. The SMILES string of the molecule is O=C(NC(Cc1ccccc1)C(=O)Nc1ccccc1-c1ccccc1)c1ccc(Cl)c([N+](=O)[O-])c1. The molecule has 36 heavy (non-hydrogen) atoms. The summed E-state index contributed by atoms with van der Waals surface area (Å²) in [6, 6.07) is 29.1. The van der Waals surface area contributed by atoms with Crippen LogP contribution in [0.25, 0.3) is 11.1 Å². The zero-order chi connectivity index (χ0) is 25.5. The van der Waals surface area contributed by atoms with Crippen molar-refractivity contribution in [2.24, 2.45) is 0 Å². The van der Waals surface area contributed by atoms with Crippen molar-refractivity contribution >= 4 is 34.8 Å². The number of benzene rings is 4. The van der Waals surface area contributed by atoms with Crippen LogP contribution in [0.3, 0.4) is 0 Å². The number of nitrogens with one attached hydrogen (secondary N) is 2. The molecule has 0 aromatic heterocycles. The Balaban J connectivity index is 1.61. The predicted molar refractivity (Wildman–Crippen MR) is 140 cm³/mol. The second-order valence-corrected chi connectivity index (χ2v) is 8.45. The Bertz CT molecular complexity index is 1390. The minimum absolute atomic E-state index is 0.0293. The molecular weight excluding hydrogens is 478 g/mol. The zero-order valence-corrected chi connectivity index (χ0v) is 19.8. The van der Waals surface area contributed by atoms with E-state index in [-0.39, 0.29) is 22.7 Å². The molecule has 4 aromatic carbocycles. The highest BCUT2D eigenvalue weighted by Gasteiger charge is 2.24. The highest BCUT2D eigenvalue weighted by atomic mass is 35.5. The Kier molecular flexibility index (Phi) is 7.72. The standard InChI is InChI=1S/C28H22ClN3O4/c29-23-16-15-21(18-26(23)32(35)36)27(33)31-25(17-19-9-3-1-4-10-19)28(34)30-24-14-8-7-13-22(24)20-11-5-2-6-12-20/h1-16,18,25H,17H2,(H,30,34)(H,31,33). The number of hydrogen-bond donors (Lipinski definition) is 2. The van der Waals surface area contributed by atoms with Gasteiger partial charge in [0.05, 0.1) is 4.92 Å². The van der Waals surface area contributed by atoms with Gasteiger partial charge in [-0.15, -0.1) is 0 Å². The van der Waals surface area contributed by atoms with Gasteiger partial charge in [0.2, 0.25) is 5.91 Å². The van der Waals surface area contributed by atoms with E-state index in [0.717, 1.165) is 22.8 Å². The maximum Gasteiger partial charge on any atom is 0.288 e. The van der Waals surface area contributed by atoms with Gasteiger partial charge >= 0.3 is 0 Å². The summed E-state index contributed by atoms with van der Waals surface area (Å²) < 4.78 is 0. The molecule has 0 saturated carbocycles. The largest absolute Gasteiger partial charge is 0.340 e. The molecule has 0 spiro atoms. The molecule has 1 unspecified atom stereocenters. The topological polar surface area (TPSA) is 101 Å². The van der Waals surface area contributed by atoms with Gasteiger partial charge < -0.3 is 10.6 Å². The highest BCUT2D eigenvalue weighted by molar-refractivity contribution is 6.32. The van der Waals surface area contributed by atoms with E-state index < -0.39 is 22.8 Å². The van der Waals surface area contributed by atoms with Crippen LogP contribution in [0, 0.1) is 10.1 Å². The van der Waals surface area contributed by atoms with Gasteiger partial charge in [0.1, 0.15) is 11.1 Å². The summed E-state index contributed by atoms with van der Waals surface area (Å²) in [6.07, 6.45) is 0.224. The number of nitro benzene ring substituents is 1. The molecule has 0 bridgehead atoms. The van der Waals surface area contributed by atoms with Gasteiger partial charge in [-0.2, -0.15) is 0 Å². The second-order valence-electron chi connectivity index (χ2n) is 8.04. The first-order valence-corrected chi connectivity index (χ1v) is 11.5. The molecule has 0 aliphatic rings. The molecule has 0 saturated heterocycles. The number of amides is 2. The molecule has 4 rings (SSSR count). The van der Waals surface area contributed by atoms with Gasteiger partial charge in [-0.25, -0.2) is 0 Å². The maximum atomic E-state index is 13.4. The van der Waals surface area contributed by atoms with Crippen LogP contribution in [0.1, 0.15) is 15.9 Å². The van der Waals surface area contributed by atoms with E-state index in [4.69, 9.17) is 11.6 Å². The van der Waals surface area contributed by atoms with Crippen molar-refractivity contribution in [2.45, 2.75) is 12.5 Å². The summed E-state index contributed by atoms with van der Waals surface area (Å²) >= 11 is 5.88. The minimum Gasteiger partial charge on any atom is -0.340 e. The molecule has 0 aliphatic heterocycles.